The highest BCUT2D eigenvalue weighted by molar-refractivity contribution is 6.35. The zero-order valence-corrected chi connectivity index (χ0v) is 8.90. The van der Waals surface area contributed by atoms with E-state index >= 15 is 0 Å². The molecule has 1 fully saturated rings. The summed E-state index contributed by atoms with van der Waals surface area (Å²) in [7, 11) is 0. The molecule has 3 N–H and O–H groups in total. The molecule has 0 aromatic carbocycles. The second kappa shape index (κ2) is 6.08. The first-order valence-electron chi connectivity index (χ1n) is 5.26. The van der Waals surface area contributed by atoms with Crippen LogP contribution in [0.5, 0.6) is 0 Å². The molecule has 0 saturated heterocycles. The van der Waals surface area contributed by atoms with Gasteiger partial charge < -0.3 is 15.7 Å². The molecule has 6 nitrogen and oxygen atoms in total. The number of carbonyl (C=O) groups excluding carboxylic acids is 2. The van der Waals surface area contributed by atoms with Crippen molar-refractivity contribution in [3.63, 3.8) is 0 Å². The molecule has 0 aromatic rings. The molecular weight excluding hydrogens is 210 g/mol. The van der Waals surface area contributed by atoms with Crippen molar-refractivity contribution in [2.45, 2.75) is 25.4 Å². The molecule has 88 valence electrons. The zero-order chi connectivity index (χ0) is 12.0. The van der Waals surface area contributed by atoms with Gasteiger partial charge in [0.2, 0.25) is 0 Å². The number of hydrogen-bond donors (Lipinski definition) is 3. The summed E-state index contributed by atoms with van der Waals surface area (Å²) < 4.78 is 0. The van der Waals surface area contributed by atoms with Gasteiger partial charge in [-0.2, -0.15) is 5.26 Å². The first-order valence-corrected chi connectivity index (χ1v) is 5.26. The molecule has 0 bridgehead atoms. The summed E-state index contributed by atoms with van der Waals surface area (Å²) in [5.74, 6) is -1.53. The monoisotopic (exact) mass is 225 g/mol. The molecular formula is C10H15N3O3. The van der Waals surface area contributed by atoms with Gasteiger partial charge in [-0.25, -0.2) is 0 Å². The van der Waals surface area contributed by atoms with Crippen LogP contribution in [0.25, 0.3) is 0 Å². The Morgan fingerprint density at radius 3 is 2.56 bits per heavy atom. The van der Waals surface area contributed by atoms with E-state index in [-0.39, 0.29) is 18.6 Å². The van der Waals surface area contributed by atoms with Gasteiger partial charge in [-0.05, 0) is 12.8 Å². The molecule has 6 heteroatoms. The fourth-order valence-electron chi connectivity index (χ4n) is 1.76. The van der Waals surface area contributed by atoms with Crippen molar-refractivity contribution in [1.82, 2.24) is 10.6 Å². The van der Waals surface area contributed by atoms with Crippen molar-refractivity contribution in [2.75, 3.05) is 13.1 Å². The summed E-state index contributed by atoms with van der Waals surface area (Å²) in [6.07, 6.45) is 2.17. The van der Waals surface area contributed by atoms with Crippen molar-refractivity contribution < 1.29 is 14.7 Å². The number of rotatable bonds is 3. The maximum absolute atomic E-state index is 11.2. The van der Waals surface area contributed by atoms with E-state index < -0.39 is 11.8 Å². The third-order valence-corrected chi connectivity index (χ3v) is 2.68. The molecule has 0 aromatic heterocycles. The van der Waals surface area contributed by atoms with Crippen LogP contribution < -0.4 is 10.6 Å². The van der Waals surface area contributed by atoms with E-state index in [0.717, 1.165) is 19.3 Å². The van der Waals surface area contributed by atoms with E-state index in [1.54, 1.807) is 6.07 Å². The van der Waals surface area contributed by atoms with Gasteiger partial charge in [-0.1, -0.05) is 6.42 Å². The van der Waals surface area contributed by atoms with Crippen LogP contribution in [-0.2, 0) is 9.59 Å². The van der Waals surface area contributed by atoms with Crippen molar-refractivity contribution in [1.29, 1.82) is 5.26 Å². The minimum atomic E-state index is -0.811. The topological polar surface area (TPSA) is 102 Å². The maximum Gasteiger partial charge on any atom is 0.310 e. The predicted octanol–water partition coefficient (Wildman–Crippen LogP) is -1.10. The SMILES string of the molecule is N#CCNC(=O)C(=O)NCC1CCCC1O. The zero-order valence-electron chi connectivity index (χ0n) is 8.90. The van der Waals surface area contributed by atoms with E-state index in [0.29, 0.717) is 6.54 Å². The number of carbonyl (C=O) groups is 2. The van der Waals surface area contributed by atoms with Gasteiger partial charge in [0, 0.05) is 12.5 Å². The fraction of sp³-hybridized carbons (Fsp3) is 0.700. The lowest BCUT2D eigenvalue weighted by Gasteiger charge is -2.14. The van der Waals surface area contributed by atoms with Gasteiger partial charge in [-0.3, -0.25) is 9.59 Å². The lowest BCUT2D eigenvalue weighted by Crippen LogP contribution is -2.42. The van der Waals surface area contributed by atoms with Crippen LogP contribution in [0, 0.1) is 17.2 Å². The Bertz CT molecular complexity index is 311. The predicted molar refractivity (Wildman–Crippen MR) is 55.0 cm³/mol. The van der Waals surface area contributed by atoms with Crippen LogP contribution in [0.15, 0.2) is 0 Å². The van der Waals surface area contributed by atoms with Gasteiger partial charge in [0.1, 0.15) is 6.54 Å². The standard InChI is InChI=1S/C10H15N3O3/c11-4-5-12-9(15)10(16)13-6-7-2-1-3-8(7)14/h7-8,14H,1-3,5-6H2,(H,12,15)(H,13,16). The summed E-state index contributed by atoms with van der Waals surface area (Å²) >= 11 is 0. The highest BCUT2D eigenvalue weighted by Gasteiger charge is 2.26. The van der Waals surface area contributed by atoms with Gasteiger partial charge in [0.05, 0.1) is 12.2 Å². The van der Waals surface area contributed by atoms with Crippen LogP contribution in [0.2, 0.25) is 0 Å². The number of hydrogen-bond acceptors (Lipinski definition) is 4. The molecule has 16 heavy (non-hydrogen) atoms. The highest BCUT2D eigenvalue weighted by Crippen LogP contribution is 2.24. The molecule has 0 heterocycles. The second-order valence-corrected chi connectivity index (χ2v) is 3.81. The quantitative estimate of drug-likeness (QED) is 0.419. The van der Waals surface area contributed by atoms with Crippen molar-refractivity contribution in [3.05, 3.63) is 0 Å². The summed E-state index contributed by atoms with van der Waals surface area (Å²) in [4.78, 5) is 22.2. The van der Waals surface area contributed by atoms with E-state index in [4.69, 9.17) is 5.26 Å². The average molecular weight is 225 g/mol. The Hall–Kier alpha value is -1.61. The number of aliphatic hydroxyl groups is 1. The minimum absolute atomic E-state index is 0.0349. The highest BCUT2D eigenvalue weighted by atomic mass is 16.3. The fourth-order valence-corrected chi connectivity index (χ4v) is 1.76. The molecule has 1 rings (SSSR count). The number of aliphatic hydroxyl groups excluding tert-OH is 1. The molecule has 1 saturated carbocycles. The average Bonchev–Trinajstić information content (AvgIpc) is 2.68. The van der Waals surface area contributed by atoms with Crippen LogP contribution in [0.3, 0.4) is 0 Å². The normalized spacial score (nSPS) is 23.5. The summed E-state index contributed by atoms with van der Waals surface area (Å²) in [5.41, 5.74) is 0. The van der Waals surface area contributed by atoms with Crippen LogP contribution >= 0.6 is 0 Å². The Kier molecular flexibility index (Phi) is 4.73. The number of nitriles is 1. The van der Waals surface area contributed by atoms with E-state index in [9.17, 15) is 14.7 Å². The Balaban J connectivity index is 2.24. The van der Waals surface area contributed by atoms with Crippen molar-refractivity contribution in [3.8, 4) is 6.07 Å². The van der Waals surface area contributed by atoms with Gasteiger partial charge in [0.25, 0.3) is 0 Å². The van der Waals surface area contributed by atoms with Crippen molar-refractivity contribution >= 4 is 11.8 Å². The Morgan fingerprint density at radius 2 is 2.00 bits per heavy atom. The maximum atomic E-state index is 11.2. The molecule has 1 aliphatic carbocycles. The van der Waals surface area contributed by atoms with Gasteiger partial charge >= 0.3 is 11.8 Å². The lowest BCUT2D eigenvalue weighted by molar-refractivity contribution is -0.139. The van der Waals surface area contributed by atoms with Crippen LogP contribution in [-0.4, -0.2) is 36.1 Å². The summed E-state index contributed by atoms with van der Waals surface area (Å²) in [6.45, 7) is 0.123. The third kappa shape index (κ3) is 3.51. The first kappa shape index (κ1) is 12.5. The molecule has 2 atom stereocenters. The Labute approximate surface area is 93.6 Å². The summed E-state index contributed by atoms with van der Waals surface area (Å²) in [5, 5.41) is 22.3. The lowest BCUT2D eigenvalue weighted by atomic mass is 10.1. The van der Waals surface area contributed by atoms with E-state index in [2.05, 4.69) is 10.6 Å². The van der Waals surface area contributed by atoms with E-state index in [1.807, 2.05) is 0 Å². The largest absolute Gasteiger partial charge is 0.393 e. The second-order valence-electron chi connectivity index (χ2n) is 3.81. The van der Waals surface area contributed by atoms with E-state index in [1.165, 1.54) is 0 Å². The Morgan fingerprint density at radius 1 is 1.31 bits per heavy atom. The third-order valence-electron chi connectivity index (χ3n) is 2.68. The molecule has 1 aliphatic rings. The molecule has 0 radical (unpaired) electrons. The first-order chi connectivity index (χ1) is 7.65. The molecule has 0 aliphatic heterocycles. The van der Waals surface area contributed by atoms with Crippen LogP contribution in [0.1, 0.15) is 19.3 Å². The molecule has 2 unspecified atom stereocenters. The molecule has 0 spiro atoms. The van der Waals surface area contributed by atoms with Gasteiger partial charge in [-0.15, -0.1) is 0 Å². The number of nitrogens with one attached hydrogen (secondary N) is 2. The summed E-state index contributed by atoms with van der Waals surface area (Å²) in [6, 6.07) is 1.71. The minimum Gasteiger partial charge on any atom is -0.393 e. The molecule has 2 amide bonds. The van der Waals surface area contributed by atoms with Crippen LogP contribution in [0.4, 0.5) is 0 Å². The number of nitrogens with zero attached hydrogens (tertiary/aromatic N) is 1. The number of amides is 2. The van der Waals surface area contributed by atoms with Gasteiger partial charge in [0.15, 0.2) is 0 Å². The smallest absolute Gasteiger partial charge is 0.310 e. The van der Waals surface area contributed by atoms with Crippen molar-refractivity contribution in [2.24, 2.45) is 5.92 Å².